The SMILES string of the molecule is Cc1cccc(C2CN=C(NCc3ccccc3)Nc3ccccc32)c1.Cl. The number of fused-ring (bicyclic) bond motifs is 1. The lowest BCUT2D eigenvalue weighted by molar-refractivity contribution is 0.816. The number of anilines is 1. The molecule has 1 aliphatic rings. The zero-order chi connectivity index (χ0) is 17.8. The van der Waals surface area contributed by atoms with Gasteiger partial charge in [0.15, 0.2) is 5.96 Å². The van der Waals surface area contributed by atoms with Gasteiger partial charge in [0.2, 0.25) is 0 Å². The van der Waals surface area contributed by atoms with Crippen molar-refractivity contribution in [2.24, 2.45) is 4.99 Å². The van der Waals surface area contributed by atoms with Gasteiger partial charge < -0.3 is 10.6 Å². The van der Waals surface area contributed by atoms with Crippen LogP contribution < -0.4 is 10.6 Å². The van der Waals surface area contributed by atoms with Crippen LogP contribution in [0, 0.1) is 6.92 Å². The number of nitrogens with zero attached hydrogens (tertiary/aromatic N) is 1. The van der Waals surface area contributed by atoms with E-state index in [0.29, 0.717) is 0 Å². The largest absolute Gasteiger partial charge is 0.352 e. The summed E-state index contributed by atoms with van der Waals surface area (Å²) in [5, 5.41) is 6.92. The number of hydrogen-bond donors (Lipinski definition) is 2. The molecule has 0 bridgehead atoms. The first kappa shape index (κ1) is 19.0. The first-order chi connectivity index (χ1) is 12.8. The molecule has 4 heteroatoms. The fourth-order valence-corrected chi connectivity index (χ4v) is 3.42. The average molecular weight is 378 g/mol. The van der Waals surface area contributed by atoms with Crippen LogP contribution in [0.2, 0.25) is 0 Å². The lowest BCUT2D eigenvalue weighted by atomic mass is 9.89. The maximum atomic E-state index is 4.83. The Morgan fingerprint density at radius 2 is 1.74 bits per heavy atom. The van der Waals surface area contributed by atoms with Crippen molar-refractivity contribution in [3.05, 3.63) is 101 Å². The molecule has 138 valence electrons. The Morgan fingerprint density at radius 3 is 2.56 bits per heavy atom. The number of halogens is 1. The molecule has 3 aromatic rings. The van der Waals surface area contributed by atoms with Gasteiger partial charge in [-0.2, -0.15) is 0 Å². The zero-order valence-corrected chi connectivity index (χ0v) is 16.2. The highest BCUT2D eigenvalue weighted by molar-refractivity contribution is 5.95. The van der Waals surface area contributed by atoms with E-state index in [4.69, 9.17) is 4.99 Å². The quantitative estimate of drug-likeness (QED) is 0.664. The summed E-state index contributed by atoms with van der Waals surface area (Å²) in [4.78, 5) is 4.83. The van der Waals surface area contributed by atoms with Crippen LogP contribution in [0.1, 0.15) is 28.2 Å². The van der Waals surface area contributed by atoms with E-state index in [2.05, 4.69) is 90.4 Å². The highest BCUT2D eigenvalue weighted by atomic mass is 35.5. The molecule has 1 unspecified atom stereocenters. The summed E-state index contributed by atoms with van der Waals surface area (Å²) in [6, 6.07) is 27.6. The Labute approximate surface area is 167 Å². The number of hydrogen-bond acceptors (Lipinski definition) is 3. The fourth-order valence-electron chi connectivity index (χ4n) is 3.42. The summed E-state index contributed by atoms with van der Waals surface area (Å²) in [6.45, 7) is 3.62. The number of nitrogens with one attached hydrogen (secondary N) is 2. The smallest absolute Gasteiger partial charge is 0.196 e. The van der Waals surface area contributed by atoms with Gasteiger partial charge in [-0.15, -0.1) is 12.4 Å². The molecule has 0 amide bonds. The molecule has 1 heterocycles. The minimum absolute atomic E-state index is 0. The van der Waals surface area contributed by atoms with E-state index in [1.807, 2.05) is 6.07 Å². The number of aliphatic imine (C=N–C) groups is 1. The van der Waals surface area contributed by atoms with E-state index >= 15 is 0 Å². The van der Waals surface area contributed by atoms with Gasteiger partial charge in [0.1, 0.15) is 0 Å². The van der Waals surface area contributed by atoms with Crippen LogP contribution in [0.5, 0.6) is 0 Å². The van der Waals surface area contributed by atoms with Gasteiger partial charge in [-0.3, -0.25) is 4.99 Å². The molecular formula is C23H24ClN3. The minimum atomic E-state index is 0. The van der Waals surface area contributed by atoms with Crippen molar-refractivity contribution in [2.45, 2.75) is 19.4 Å². The molecule has 0 aromatic heterocycles. The second-order valence-electron chi connectivity index (χ2n) is 6.71. The summed E-state index contributed by atoms with van der Waals surface area (Å²) in [5.41, 5.74) is 6.25. The third kappa shape index (κ3) is 4.50. The van der Waals surface area contributed by atoms with Gasteiger partial charge in [-0.25, -0.2) is 0 Å². The van der Waals surface area contributed by atoms with Gasteiger partial charge in [0, 0.05) is 18.2 Å². The van der Waals surface area contributed by atoms with Crippen LogP contribution in [-0.4, -0.2) is 12.5 Å². The highest BCUT2D eigenvalue weighted by Crippen LogP contribution is 2.32. The molecule has 0 spiro atoms. The normalized spacial score (nSPS) is 15.4. The van der Waals surface area contributed by atoms with Crippen molar-refractivity contribution in [3.8, 4) is 0 Å². The van der Waals surface area contributed by atoms with Gasteiger partial charge >= 0.3 is 0 Å². The zero-order valence-electron chi connectivity index (χ0n) is 15.4. The van der Waals surface area contributed by atoms with Crippen molar-refractivity contribution in [1.29, 1.82) is 0 Å². The first-order valence-electron chi connectivity index (χ1n) is 9.04. The third-order valence-corrected chi connectivity index (χ3v) is 4.77. The maximum Gasteiger partial charge on any atom is 0.196 e. The second-order valence-corrected chi connectivity index (χ2v) is 6.71. The Balaban J connectivity index is 0.00000210. The maximum absolute atomic E-state index is 4.83. The van der Waals surface area contributed by atoms with Gasteiger partial charge in [-0.05, 0) is 29.7 Å². The predicted molar refractivity (Wildman–Crippen MR) is 116 cm³/mol. The predicted octanol–water partition coefficient (Wildman–Crippen LogP) is 5.12. The van der Waals surface area contributed by atoms with Crippen molar-refractivity contribution < 1.29 is 0 Å². The van der Waals surface area contributed by atoms with Gasteiger partial charge in [-0.1, -0.05) is 78.4 Å². The molecule has 0 saturated heterocycles. The molecule has 0 aliphatic carbocycles. The molecule has 0 saturated carbocycles. The molecule has 0 fully saturated rings. The lowest BCUT2D eigenvalue weighted by Gasteiger charge is -2.17. The number of guanidine groups is 1. The molecular weight excluding hydrogens is 354 g/mol. The van der Waals surface area contributed by atoms with Crippen molar-refractivity contribution in [2.75, 3.05) is 11.9 Å². The molecule has 0 radical (unpaired) electrons. The van der Waals surface area contributed by atoms with Crippen LogP contribution in [0.4, 0.5) is 5.69 Å². The van der Waals surface area contributed by atoms with E-state index in [-0.39, 0.29) is 18.3 Å². The van der Waals surface area contributed by atoms with E-state index < -0.39 is 0 Å². The number of aryl methyl sites for hydroxylation is 1. The van der Waals surface area contributed by atoms with Crippen LogP contribution in [0.3, 0.4) is 0 Å². The Morgan fingerprint density at radius 1 is 0.963 bits per heavy atom. The highest BCUT2D eigenvalue weighted by Gasteiger charge is 2.21. The average Bonchev–Trinajstić information content (AvgIpc) is 2.86. The summed E-state index contributed by atoms with van der Waals surface area (Å²) >= 11 is 0. The second kappa shape index (κ2) is 8.74. The first-order valence-corrected chi connectivity index (χ1v) is 9.04. The summed E-state index contributed by atoms with van der Waals surface area (Å²) in [7, 11) is 0. The Bertz CT molecular complexity index is 922. The van der Waals surface area contributed by atoms with Crippen LogP contribution >= 0.6 is 12.4 Å². The number of rotatable bonds is 3. The monoisotopic (exact) mass is 377 g/mol. The molecule has 1 aliphatic heterocycles. The van der Waals surface area contributed by atoms with E-state index in [1.54, 1.807) is 0 Å². The van der Waals surface area contributed by atoms with E-state index in [0.717, 1.165) is 24.7 Å². The lowest BCUT2D eigenvalue weighted by Crippen LogP contribution is -2.30. The van der Waals surface area contributed by atoms with Gasteiger partial charge in [0.25, 0.3) is 0 Å². The molecule has 3 aromatic carbocycles. The molecule has 3 nitrogen and oxygen atoms in total. The summed E-state index contributed by atoms with van der Waals surface area (Å²) in [5.74, 6) is 1.09. The number of benzene rings is 3. The van der Waals surface area contributed by atoms with Crippen LogP contribution in [0.15, 0.2) is 83.9 Å². The van der Waals surface area contributed by atoms with Crippen molar-refractivity contribution in [3.63, 3.8) is 0 Å². The van der Waals surface area contributed by atoms with Crippen molar-refractivity contribution in [1.82, 2.24) is 5.32 Å². The fraction of sp³-hybridized carbons (Fsp3) is 0.174. The Kier molecular flexibility index (Phi) is 6.15. The van der Waals surface area contributed by atoms with E-state index in [9.17, 15) is 0 Å². The molecule has 1 atom stereocenters. The van der Waals surface area contributed by atoms with E-state index in [1.165, 1.54) is 22.3 Å². The third-order valence-electron chi connectivity index (χ3n) is 4.77. The standard InChI is InChI=1S/C23H23N3.ClH/c1-17-8-7-11-19(14-17)21-16-25-23(24-15-18-9-3-2-4-10-18)26-22-13-6-5-12-20(21)22;/h2-14,21H,15-16H2,1H3,(H2,24,25,26);1H. The Hall–Kier alpha value is -2.78. The van der Waals surface area contributed by atoms with Crippen LogP contribution in [-0.2, 0) is 6.54 Å². The number of para-hydroxylation sites is 1. The summed E-state index contributed by atoms with van der Waals surface area (Å²) < 4.78 is 0. The summed E-state index contributed by atoms with van der Waals surface area (Å²) in [6.07, 6.45) is 0. The van der Waals surface area contributed by atoms with Crippen LogP contribution in [0.25, 0.3) is 0 Å². The molecule has 4 rings (SSSR count). The van der Waals surface area contributed by atoms with Crippen molar-refractivity contribution >= 4 is 24.1 Å². The topological polar surface area (TPSA) is 36.4 Å². The molecule has 2 N–H and O–H groups in total. The minimum Gasteiger partial charge on any atom is -0.352 e. The molecule has 27 heavy (non-hydrogen) atoms. The van der Waals surface area contributed by atoms with Gasteiger partial charge in [0.05, 0.1) is 6.54 Å².